The van der Waals surface area contributed by atoms with Crippen molar-refractivity contribution in [1.29, 1.82) is 5.26 Å². The van der Waals surface area contributed by atoms with Gasteiger partial charge < -0.3 is 10.0 Å². The summed E-state index contributed by atoms with van der Waals surface area (Å²) >= 11 is 0. The van der Waals surface area contributed by atoms with Crippen molar-refractivity contribution < 1.29 is 5.11 Å². The molecule has 1 N–H and O–H groups in total. The van der Waals surface area contributed by atoms with Gasteiger partial charge in [-0.25, -0.2) is 0 Å². The maximum atomic E-state index is 9.48. The van der Waals surface area contributed by atoms with Gasteiger partial charge in [0.15, 0.2) is 0 Å². The Bertz CT molecular complexity index is 460. The van der Waals surface area contributed by atoms with E-state index in [9.17, 15) is 10.4 Å². The molecular formula is C12H18N4O. The zero-order valence-corrected chi connectivity index (χ0v) is 10.5. The van der Waals surface area contributed by atoms with Crippen molar-refractivity contribution in [3.63, 3.8) is 0 Å². The molecule has 0 saturated carbocycles. The zero-order valence-electron chi connectivity index (χ0n) is 10.5. The molecule has 0 radical (unpaired) electrons. The second kappa shape index (κ2) is 4.38. The number of aromatic nitrogens is 2. The molecule has 2 rings (SSSR count). The van der Waals surface area contributed by atoms with Gasteiger partial charge in [0.25, 0.3) is 0 Å². The monoisotopic (exact) mass is 234 g/mol. The van der Waals surface area contributed by atoms with Crippen LogP contribution < -0.4 is 4.90 Å². The van der Waals surface area contributed by atoms with Gasteiger partial charge in [0.05, 0.1) is 18.3 Å². The third-order valence-corrected chi connectivity index (χ3v) is 3.65. The molecule has 5 heteroatoms. The van der Waals surface area contributed by atoms with E-state index < -0.39 is 0 Å². The van der Waals surface area contributed by atoms with Crippen molar-refractivity contribution in [3.8, 4) is 6.07 Å². The predicted octanol–water partition coefficient (Wildman–Crippen LogP) is 0.807. The SMILES string of the molecule is Cc1nn(C)c(N2CCC(C)C2CO)c1C#N. The number of nitriles is 1. The highest BCUT2D eigenvalue weighted by atomic mass is 16.3. The quantitative estimate of drug-likeness (QED) is 0.822. The lowest BCUT2D eigenvalue weighted by Gasteiger charge is -2.27. The number of anilines is 1. The summed E-state index contributed by atoms with van der Waals surface area (Å²) in [6, 6.07) is 2.31. The maximum Gasteiger partial charge on any atom is 0.145 e. The van der Waals surface area contributed by atoms with E-state index in [0.717, 1.165) is 24.5 Å². The van der Waals surface area contributed by atoms with Crippen LogP contribution in [0.15, 0.2) is 0 Å². The minimum Gasteiger partial charge on any atom is -0.394 e. The molecule has 1 aliphatic rings. The summed E-state index contributed by atoms with van der Waals surface area (Å²) < 4.78 is 1.74. The molecule has 1 fully saturated rings. The first-order valence-corrected chi connectivity index (χ1v) is 5.91. The topological polar surface area (TPSA) is 65.1 Å². The van der Waals surface area contributed by atoms with Gasteiger partial charge in [0.2, 0.25) is 0 Å². The fraction of sp³-hybridized carbons (Fsp3) is 0.667. The minimum absolute atomic E-state index is 0.0944. The number of hydrogen-bond acceptors (Lipinski definition) is 4. The first-order chi connectivity index (χ1) is 8.10. The lowest BCUT2D eigenvalue weighted by atomic mass is 10.0. The van der Waals surface area contributed by atoms with E-state index in [0.29, 0.717) is 11.5 Å². The molecule has 1 aromatic heterocycles. The maximum absolute atomic E-state index is 9.48. The number of nitrogens with zero attached hydrogens (tertiary/aromatic N) is 4. The molecule has 5 nitrogen and oxygen atoms in total. The van der Waals surface area contributed by atoms with Gasteiger partial charge >= 0.3 is 0 Å². The van der Waals surface area contributed by atoms with E-state index in [2.05, 4.69) is 23.0 Å². The van der Waals surface area contributed by atoms with E-state index in [4.69, 9.17) is 0 Å². The molecule has 92 valence electrons. The number of aliphatic hydroxyl groups is 1. The van der Waals surface area contributed by atoms with E-state index in [1.165, 1.54) is 0 Å². The second-order valence-electron chi connectivity index (χ2n) is 4.73. The number of hydrogen-bond donors (Lipinski definition) is 1. The Morgan fingerprint density at radius 1 is 1.59 bits per heavy atom. The van der Waals surface area contributed by atoms with E-state index in [1.807, 2.05) is 14.0 Å². The highest BCUT2D eigenvalue weighted by molar-refractivity contribution is 5.58. The molecule has 0 aliphatic carbocycles. The van der Waals surface area contributed by atoms with Crippen LogP contribution >= 0.6 is 0 Å². The number of aliphatic hydroxyl groups excluding tert-OH is 1. The standard InChI is InChI=1S/C12H18N4O/c1-8-4-5-16(11(8)7-17)12-10(6-13)9(2)14-15(12)3/h8,11,17H,4-5,7H2,1-3H3. The first kappa shape index (κ1) is 11.9. The van der Waals surface area contributed by atoms with Crippen molar-refractivity contribution in [2.24, 2.45) is 13.0 Å². The molecule has 0 bridgehead atoms. The van der Waals surface area contributed by atoms with E-state index in [1.54, 1.807) is 4.68 Å². The highest BCUT2D eigenvalue weighted by Crippen LogP contribution is 2.32. The Labute approximate surface area is 101 Å². The molecule has 0 amide bonds. The average molecular weight is 234 g/mol. The summed E-state index contributed by atoms with van der Waals surface area (Å²) in [6.07, 6.45) is 1.04. The van der Waals surface area contributed by atoms with Gasteiger partial charge in [-0.15, -0.1) is 0 Å². The smallest absolute Gasteiger partial charge is 0.145 e. The Balaban J connectivity index is 2.44. The summed E-state index contributed by atoms with van der Waals surface area (Å²) in [4.78, 5) is 2.11. The number of rotatable bonds is 2. The fourth-order valence-corrected chi connectivity index (χ4v) is 2.66. The van der Waals surface area contributed by atoms with Gasteiger partial charge in [-0.3, -0.25) is 4.68 Å². The molecule has 2 unspecified atom stereocenters. The molecular weight excluding hydrogens is 216 g/mol. The van der Waals surface area contributed by atoms with Gasteiger partial charge in [-0.1, -0.05) is 6.92 Å². The molecule has 2 heterocycles. The van der Waals surface area contributed by atoms with Crippen LogP contribution in [0.2, 0.25) is 0 Å². The van der Waals surface area contributed by atoms with Crippen molar-refractivity contribution in [1.82, 2.24) is 9.78 Å². The normalized spacial score (nSPS) is 24.1. The third-order valence-electron chi connectivity index (χ3n) is 3.65. The highest BCUT2D eigenvalue weighted by Gasteiger charge is 2.34. The van der Waals surface area contributed by atoms with Gasteiger partial charge in [0, 0.05) is 13.6 Å². The predicted molar refractivity (Wildman–Crippen MR) is 64.7 cm³/mol. The molecule has 1 aromatic rings. The molecule has 1 saturated heterocycles. The Hall–Kier alpha value is -1.54. The van der Waals surface area contributed by atoms with E-state index in [-0.39, 0.29) is 12.6 Å². The van der Waals surface area contributed by atoms with Crippen LogP contribution in [0.4, 0.5) is 5.82 Å². The van der Waals surface area contributed by atoms with Crippen LogP contribution in [-0.4, -0.2) is 34.1 Å². The summed E-state index contributed by atoms with van der Waals surface area (Å²) in [5.74, 6) is 1.29. The van der Waals surface area contributed by atoms with Gasteiger partial charge in [-0.2, -0.15) is 10.4 Å². The largest absolute Gasteiger partial charge is 0.394 e. The Morgan fingerprint density at radius 2 is 2.29 bits per heavy atom. The fourth-order valence-electron chi connectivity index (χ4n) is 2.66. The number of aryl methyl sites for hydroxylation is 2. The average Bonchev–Trinajstić information content (AvgIpc) is 2.78. The molecule has 17 heavy (non-hydrogen) atoms. The van der Waals surface area contributed by atoms with Crippen molar-refractivity contribution in [3.05, 3.63) is 11.3 Å². The molecule has 0 aromatic carbocycles. The van der Waals surface area contributed by atoms with Crippen LogP contribution in [0.3, 0.4) is 0 Å². The second-order valence-corrected chi connectivity index (χ2v) is 4.73. The lowest BCUT2D eigenvalue weighted by molar-refractivity contribution is 0.244. The Morgan fingerprint density at radius 3 is 2.88 bits per heavy atom. The van der Waals surface area contributed by atoms with Crippen LogP contribution in [0.25, 0.3) is 0 Å². The van der Waals surface area contributed by atoms with Crippen LogP contribution in [0.1, 0.15) is 24.6 Å². The first-order valence-electron chi connectivity index (χ1n) is 5.91. The summed E-state index contributed by atoms with van der Waals surface area (Å²) in [5, 5.41) is 23.0. The minimum atomic E-state index is 0.0944. The van der Waals surface area contributed by atoms with Crippen LogP contribution in [0.5, 0.6) is 0 Å². The van der Waals surface area contributed by atoms with Gasteiger partial charge in [0.1, 0.15) is 17.5 Å². The molecule has 2 atom stereocenters. The van der Waals surface area contributed by atoms with Crippen molar-refractivity contribution in [2.75, 3.05) is 18.1 Å². The lowest BCUT2D eigenvalue weighted by Crippen LogP contribution is -2.36. The van der Waals surface area contributed by atoms with E-state index >= 15 is 0 Å². The van der Waals surface area contributed by atoms with Crippen molar-refractivity contribution >= 4 is 5.82 Å². The summed E-state index contributed by atoms with van der Waals surface area (Å²) in [6.45, 7) is 4.97. The van der Waals surface area contributed by atoms with Crippen LogP contribution in [-0.2, 0) is 7.05 Å². The van der Waals surface area contributed by atoms with Gasteiger partial charge in [-0.05, 0) is 19.3 Å². The zero-order chi connectivity index (χ0) is 12.6. The summed E-state index contributed by atoms with van der Waals surface area (Å²) in [7, 11) is 1.85. The molecule has 0 spiro atoms. The van der Waals surface area contributed by atoms with Crippen LogP contribution in [0, 0.1) is 24.2 Å². The Kier molecular flexibility index (Phi) is 3.07. The van der Waals surface area contributed by atoms with Crippen molar-refractivity contribution in [2.45, 2.75) is 26.3 Å². The summed E-state index contributed by atoms with van der Waals surface area (Å²) in [5.41, 5.74) is 1.38. The third kappa shape index (κ3) is 1.79. The molecule has 1 aliphatic heterocycles.